The predicted molar refractivity (Wildman–Crippen MR) is 72.5 cm³/mol. The molecule has 1 aromatic heterocycles. The largest absolute Gasteiger partial charge is 0.396 e. The third-order valence-electron chi connectivity index (χ3n) is 2.38. The Hall–Kier alpha value is -2.56. The summed E-state index contributed by atoms with van der Waals surface area (Å²) < 4.78 is 0. The first kappa shape index (κ1) is 11.9. The molecular formula is C13H14N4O. The number of nitrogens with one attached hydrogen (secondary N) is 2. The standard InChI is InChI=1S/C13H14N4O/c1-9-3-2-4-10(7-9)16-13(18)17-12-5-6-15-8-11(12)14/h2-8H,14H2,1H3,(H2,15,16,17,18). The molecule has 0 radical (unpaired) electrons. The number of amides is 2. The van der Waals surface area contributed by atoms with Crippen LogP contribution in [0.15, 0.2) is 42.7 Å². The summed E-state index contributed by atoms with van der Waals surface area (Å²) in [5.41, 5.74) is 8.46. The average Bonchev–Trinajstić information content (AvgIpc) is 2.32. The number of benzene rings is 1. The number of carbonyl (C=O) groups is 1. The van der Waals surface area contributed by atoms with E-state index < -0.39 is 0 Å². The molecule has 0 aliphatic heterocycles. The van der Waals surface area contributed by atoms with Crippen molar-refractivity contribution in [3.8, 4) is 0 Å². The van der Waals surface area contributed by atoms with Crippen LogP contribution in [-0.4, -0.2) is 11.0 Å². The van der Waals surface area contributed by atoms with E-state index in [9.17, 15) is 4.79 Å². The maximum atomic E-state index is 11.7. The monoisotopic (exact) mass is 242 g/mol. The lowest BCUT2D eigenvalue weighted by molar-refractivity contribution is 0.262. The first-order valence-corrected chi connectivity index (χ1v) is 5.49. The number of pyridine rings is 1. The van der Waals surface area contributed by atoms with Gasteiger partial charge in [-0.1, -0.05) is 12.1 Å². The number of hydrogen-bond acceptors (Lipinski definition) is 3. The van der Waals surface area contributed by atoms with Gasteiger partial charge in [0, 0.05) is 11.9 Å². The molecule has 1 heterocycles. The normalized spacial score (nSPS) is 9.83. The lowest BCUT2D eigenvalue weighted by Crippen LogP contribution is -2.20. The lowest BCUT2D eigenvalue weighted by Gasteiger charge is -2.09. The number of rotatable bonds is 2. The van der Waals surface area contributed by atoms with Crippen LogP contribution in [0, 0.1) is 6.92 Å². The lowest BCUT2D eigenvalue weighted by atomic mass is 10.2. The van der Waals surface area contributed by atoms with E-state index in [1.54, 1.807) is 12.3 Å². The summed E-state index contributed by atoms with van der Waals surface area (Å²) in [4.78, 5) is 15.6. The summed E-state index contributed by atoms with van der Waals surface area (Å²) in [7, 11) is 0. The highest BCUT2D eigenvalue weighted by Crippen LogP contribution is 2.16. The molecule has 2 amide bonds. The zero-order valence-electron chi connectivity index (χ0n) is 9.97. The first-order chi connectivity index (χ1) is 8.65. The zero-order valence-corrected chi connectivity index (χ0v) is 9.97. The molecule has 0 atom stereocenters. The van der Waals surface area contributed by atoms with Gasteiger partial charge in [0.25, 0.3) is 0 Å². The molecule has 4 N–H and O–H groups in total. The molecule has 2 aromatic rings. The SMILES string of the molecule is Cc1cccc(NC(=O)Nc2ccncc2N)c1. The van der Waals surface area contributed by atoms with E-state index in [1.165, 1.54) is 6.20 Å². The van der Waals surface area contributed by atoms with Gasteiger partial charge in [0.2, 0.25) is 0 Å². The maximum absolute atomic E-state index is 11.7. The van der Waals surface area contributed by atoms with Crippen LogP contribution < -0.4 is 16.4 Å². The van der Waals surface area contributed by atoms with Gasteiger partial charge in [-0.25, -0.2) is 4.79 Å². The van der Waals surface area contributed by atoms with Gasteiger partial charge in [-0.3, -0.25) is 4.98 Å². The van der Waals surface area contributed by atoms with Crippen molar-refractivity contribution in [1.82, 2.24) is 4.98 Å². The van der Waals surface area contributed by atoms with Gasteiger partial charge in [0.15, 0.2) is 0 Å². The molecule has 0 aliphatic carbocycles. The van der Waals surface area contributed by atoms with E-state index in [2.05, 4.69) is 15.6 Å². The Morgan fingerprint density at radius 2 is 2.11 bits per heavy atom. The fourth-order valence-corrected chi connectivity index (χ4v) is 1.53. The zero-order chi connectivity index (χ0) is 13.0. The van der Waals surface area contributed by atoms with Crippen molar-refractivity contribution in [1.29, 1.82) is 0 Å². The third-order valence-corrected chi connectivity index (χ3v) is 2.38. The molecule has 0 saturated heterocycles. The van der Waals surface area contributed by atoms with Crippen LogP contribution in [0.3, 0.4) is 0 Å². The van der Waals surface area contributed by atoms with Crippen molar-refractivity contribution in [2.45, 2.75) is 6.92 Å². The predicted octanol–water partition coefficient (Wildman–Crippen LogP) is 2.62. The van der Waals surface area contributed by atoms with E-state index >= 15 is 0 Å². The van der Waals surface area contributed by atoms with Crippen molar-refractivity contribution in [2.75, 3.05) is 16.4 Å². The molecule has 0 saturated carbocycles. The van der Waals surface area contributed by atoms with Crippen molar-refractivity contribution in [2.24, 2.45) is 0 Å². The van der Waals surface area contributed by atoms with Gasteiger partial charge in [0.1, 0.15) is 0 Å². The molecule has 0 aliphatic rings. The summed E-state index contributed by atoms with van der Waals surface area (Å²) >= 11 is 0. The topological polar surface area (TPSA) is 80.0 Å². The Morgan fingerprint density at radius 3 is 2.83 bits per heavy atom. The van der Waals surface area contributed by atoms with Gasteiger partial charge in [-0.2, -0.15) is 0 Å². The van der Waals surface area contributed by atoms with Crippen molar-refractivity contribution in [3.63, 3.8) is 0 Å². The maximum Gasteiger partial charge on any atom is 0.323 e. The molecule has 5 heteroatoms. The van der Waals surface area contributed by atoms with Crippen LogP contribution in [0.4, 0.5) is 21.9 Å². The fraction of sp³-hybridized carbons (Fsp3) is 0.0769. The second-order valence-corrected chi connectivity index (χ2v) is 3.91. The van der Waals surface area contributed by atoms with E-state index in [0.29, 0.717) is 11.4 Å². The second-order valence-electron chi connectivity index (χ2n) is 3.91. The first-order valence-electron chi connectivity index (χ1n) is 5.49. The molecule has 0 bridgehead atoms. The number of aromatic nitrogens is 1. The van der Waals surface area contributed by atoms with E-state index in [-0.39, 0.29) is 6.03 Å². The number of nitrogens with two attached hydrogens (primary N) is 1. The molecule has 92 valence electrons. The summed E-state index contributed by atoms with van der Waals surface area (Å²) in [6, 6.07) is 8.86. The minimum Gasteiger partial charge on any atom is -0.396 e. The van der Waals surface area contributed by atoms with Crippen LogP contribution in [-0.2, 0) is 0 Å². The minimum absolute atomic E-state index is 0.335. The Bertz CT molecular complexity index is 568. The molecule has 0 unspecified atom stereocenters. The average molecular weight is 242 g/mol. The smallest absolute Gasteiger partial charge is 0.323 e. The van der Waals surface area contributed by atoms with Gasteiger partial charge in [-0.05, 0) is 30.7 Å². The summed E-state index contributed by atoms with van der Waals surface area (Å²) in [6.45, 7) is 1.96. The summed E-state index contributed by atoms with van der Waals surface area (Å²) in [5, 5.41) is 5.40. The Balaban J connectivity index is 2.03. The molecule has 0 fully saturated rings. The van der Waals surface area contributed by atoms with Crippen LogP contribution >= 0.6 is 0 Å². The van der Waals surface area contributed by atoms with Gasteiger partial charge >= 0.3 is 6.03 Å². The number of aryl methyl sites for hydroxylation is 1. The second kappa shape index (κ2) is 5.18. The number of hydrogen-bond donors (Lipinski definition) is 3. The number of anilines is 3. The van der Waals surface area contributed by atoms with E-state index in [1.807, 2.05) is 31.2 Å². The third kappa shape index (κ3) is 2.98. The number of carbonyl (C=O) groups excluding carboxylic acids is 1. The summed E-state index contributed by atoms with van der Waals surface area (Å²) in [6.07, 6.45) is 3.06. The van der Waals surface area contributed by atoms with Gasteiger partial charge in [-0.15, -0.1) is 0 Å². The number of nitrogen functional groups attached to an aromatic ring is 1. The van der Waals surface area contributed by atoms with Crippen LogP contribution in [0.2, 0.25) is 0 Å². The Kier molecular flexibility index (Phi) is 3.43. The van der Waals surface area contributed by atoms with E-state index in [0.717, 1.165) is 11.3 Å². The molecule has 18 heavy (non-hydrogen) atoms. The fourth-order valence-electron chi connectivity index (χ4n) is 1.53. The minimum atomic E-state index is -0.335. The molecular weight excluding hydrogens is 228 g/mol. The summed E-state index contributed by atoms with van der Waals surface area (Å²) in [5.74, 6) is 0. The number of nitrogens with zero attached hydrogens (tertiary/aromatic N) is 1. The van der Waals surface area contributed by atoms with Crippen LogP contribution in [0.25, 0.3) is 0 Å². The Morgan fingerprint density at radius 1 is 1.28 bits per heavy atom. The molecule has 5 nitrogen and oxygen atoms in total. The van der Waals surface area contributed by atoms with Crippen molar-refractivity contribution >= 4 is 23.1 Å². The highest BCUT2D eigenvalue weighted by Gasteiger charge is 2.04. The molecule has 0 spiro atoms. The Labute approximate surface area is 105 Å². The van der Waals surface area contributed by atoms with Gasteiger partial charge < -0.3 is 16.4 Å². The van der Waals surface area contributed by atoms with Crippen LogP contribution in [0.1, 0.15) is 5.56 Å². The highest BCUT2D eigenvalue weighted by molar-refractivity contribution is 6.01. The van der Waals surface area contributed by atoms with Gasteiger partial charge in [0.05, 0.1) is 17.6 Å². The quantitative estimate of drug-likeness (QED) is 0.757. The molecule has 2 rings (SSSR count). The van der Waals surface area contributed by atoms with Crippen molar-refractivity contribution in [3.05, 3.63) is 48.3 Å². The molecule has 1 aromatic carbocycles. The highest BCUT2D eigenvalue weighted by atomic mass is 16.2. The van der Waals surface area contributed by atoms with E-state index in [4.69, 9.17) is 5.73 Å². The van der Waals surface area contributed by atoms with Crippen LogP contribution in [0.5, 0.6) is 0 Å². The van der Waals surface area contributed by atoms with Crippen molar-refractivity contribution < 1.29 is 4.79 Å². The number of urea groups is 1.